The largest absolute Gasteiger partial charge is 0.493 e. The predicted octanol–water partition coefficient (Wildman–Crippen LogP) is 1.30. The smallest absolute Gasteiger partial charge is 0.179 e. The second-order valence-electron chi connectivity index (χ2n) is 4.69. The number of halogens is 1. The third kappa shape index (κ3) is 3.01. The summed E-state index contributed by atoms with van der Waals surface area (Å²) >= 11 is 6.43. The van der Waals surface area contributed by atoms with E-state index >= 15 is 0 Å². The quantitative estimate of drug-likeness (QED) is 0.858. The first kappa shape index (κ1) is 15.4. The third-order valence-electron chi connectivity index (χ3n) is 3.64. The molecule has 1 aromatic rings. The number of rotatable bonds is 5. The molecule has 0 saturated carbocycles. The van der Waals surface area contributed by atoms with E-state index in [1.807, 2.05) is 12.1 Å². The van der Waals surface area contributed by atoms with Crippen LogP contribution in [0.4, 0.5) is 0 Å². The molecule has 5 nitrogen and oxygen atoms in total. The number of nitrogens with zero attached hydrogens (tertiary/aromatic N) is 1. The normalized spacial score (nSPS) is 17.8. The van der Waals surface area contributed by atoms with E-state index in [1.165, 1.54) is 0 Å². The van der Waals surface area contributed by atoms with Gasteiger partial charge in [0.2, 0.25) is 0 Å². The van der Waals surface area contributed by atoms with E-state index in [0.717, 1.165) is 31.7 Å². The summed E-state index contributed by atoms with van der Waals surface area (Å²) in [5, 5.41) is 13.6. The molecule has 2 N–H and O–H groups in total. The van der Waals surface area contributed by atoms with Gasteiger partial charge in [0.15, 0.2) is 11.5 Å². The Kier molecular flexibility index (Phi) is 5.48. The van der Waals surface area contributed by atoms with Crippen LogP contribution in [0.3, 0.4) is 0 Å². The Labute approximate surface area is 124 Å². The SMILES string of the molecule is COc1ccc([C@H](CO)N2CCNCC2)c(Cl)c1OC. The molecule has 1 aliphatic rings. The van der Waals surface area contributed by atoms with Crippen LogP contribution in [0.15, 0.2) is 12.1 Å². The van der Waals surface area contributed by atoms with Gasteiger partial charge in [-0.2, -0.15) is 0 Å². The number of ether oxygens (including phenoxy) is 2. The van der Waals surface area contributed by atoms with Gasteiger partial charge in [0.25, 0.3) is 0 Å². The second-order valence-corrected chi connectivity index (χ2v) is 5.07. The van der Waals surface area contributed by atoms with E-state index in [-0.39, 0.29) is 12.6 Å². The maximum Gasteiger partial charge on any atom is 0.179 e. The average Bonchev–Trinajstić information content (AvgIpc) is 2.50. The summed E-state index contributed by atoms with van der Waals surface area (Å²) < 4.78 is 10.6. The molecule has 1 fully saturated rings. The third-order valence-corrected chi connectivity index (χ3v) is 4.03. The van der Waals surface area contributed by atoms with Crippen molar-refractivity contribution in [2.24, 2.45) is 0 Å². The highest BCUT2D eigenvalue weighted by Crippen LogP contribution is 2.40. The van der Waals surface area contributed by atoms with E-state index in [1.54, 1.807) is 14.2 Å². The topological polar surface area (TPSA) is 54.0 Å². The van der Waals surface area contributed by atoms with Crippen molar-refractivity contribution in [1.29, 1.82) is 0 Å². The number of hydrogen-bond acceptors (Lipinski definition) is 5. The molecule has 20 heavy (non-hydrogen) atoms. The molecule has 112 valence electrons. The number of piperazine rings is 1. The molecule has 0 aliphatic carbocycles. The van der Waals surface area contributed by atoms with Gasteiger partial charge in [0.1, 0.15) is 0 Å². The Morgan fingerprint density at radius 1 is 1.30 bits per heavy atom. The number of nitrogens with one attached hydrogen (secondary N) is 1. The Morgan fingerprint density at radius 2 is 2.00 bits per heavy atom. The molecule has 1 saturated heterocycles. The molecule has 1 atom stereocenters. The second kappa shape index (κ2) is 7.13. The highest BCUT2D eigenvalue weighted by atomic mass is 35.5. The maximum atomic E-state index is 9.75. The first-order chi connectivity index (χ1) is 9.72. The maximum absolute atomic E-state index is 9.75. The standard InChI is InChI=1S/C14H21ClN2O3/c1-19-12-4-3-10(13(15)14(12)20-2)11(9-18)17-7-5-16-6-8-17/h3-4,11,16,18H,5-9H2,1-2H3/t11-/m0/s1. The molecule has 1 aliphatic heterocycles. The number of aliphatic hydroxyl groups excluding tert-OH is 1. The van der Waals surface area contributed by atoms with Crippen LogP contribution in [0, 0.1) is 0 Å². The molecule has 6 heteroatoms. The van der Waals surface area contributed by atoms with Crippen LogP contribution in [-0.2, 0) is 0 Å². The van der Waals surface area contributed by atoms with Crippen LogP contribution in [0.25, 0.3) is 0 Å². The Hall–Kier alpha value is -1.01. The minimum Gasteiger partial charge on any atom is -0.493 e. The molecular weight excluding hydrogens is 280 g/mol. The Balaban J connectivity index is 2.34. The summed E-state index contributed by atoms with van der Waals surface area (Å²) in [4.78, 5) is 2.23. The van der Waals surface area contributed by atoms with Crippen molar-refractivity contribution in [2.75, 3.05) is 47.0 Å². The molecule has 0 bridgehead atoms. The average molecular weight is 301 g/mol. The van der Waals surface area contributed by atoms with Crippen molar-refractivity contribution in [3.8, 4) is 11.5 Å². The zero-order valence-electron chi connectivity index (χ0n) is 11.9. The van der Waals surface area contributed by atoms with Crippen LogP contribution in [-0.4, -0.2) is 57.0 Å². The molecule has 0 radical (unpaired) electrons. The van der Waals surface area contributed by atoms with Gasteiger partial charge in [0.05, 0.1) is 31.9 Å². The summed E-state index contributed by atoms with van der Waals surface area (Å²) in [6.07, 6.45) is 0. The van der Waals surface area contributed by atoms with Crippen LogP contribution in [0.5, 0.6) is 11.5 Å². The summed E-state index contributed by atoms with van der Waals surface area (Å²) in [7, 11) is 3.14. The number of hydrogen-bond donors (Lipinski definition) is 2. The molecule has 1 aromatic carbocycles. The van der Waals surface area contributed by atoms with Crippen molar-refractivity contribution in [2.45, 2.75) is 6.04 Å². The minimum atomic E-state index is -0.121. The number of methoxy groups -OCH3 is 2. The summed E-state index contributed by atoms with van der Waals surface area (Å²) in [5.41, 5.74) is 0.869. The molecule has 0 aromatic heterocycles. The lowest BCUT2D eigenvalue weighted by Crippen LogP contribution is -2.46. The summed E-state index contributed by atoms with van der Waals surface area (Å²) in [5.74, 6) is 1.11. The highest BCUT2D eigenvalue weighted by Gasteiger charge is 2.25. The molecule has 0 amide bonds. The number of benzene rings is 1. The predicted molar refractivity (Wildman–Crippen MR) is 78.8 cm³/mol. The van der Waals surface area contributed by atoms with Crippen molar-refractivity contribution in [1.82, 2.24) is 10.2 Å². The zero-order valence-corrected chi connectivity index (χ0v) is 12.6. The van der Waals surface area contributed by atoms with E-state index in [4.69, 9.17) is 21.1 Å². The van der Waals surface area contributed by atoms with Gasteiger partial charge < -0.3 is 19.9 Å². The summed E-state index contributed by atoms with van der Waals surface area (Å²) in [6.45, 7) is 3.63. The van der Waals surface area contributed by atoms with Gasteiger partial charge in [-0.3, -0.25) is 4.90 Å². The van der Waals surface area contributed by atoms with E-state index in [9.17, 15) is 5.11 Å². The lowest BCUT2D eigenvalue weighted by Gasteiger charge is -2.34. The van der Waals surface area contributed by atoms with Gasteiger partial charge in [-0.15, -0.1) is 0 Å². The Morgan fingerprint density at radius 3 is 2.55 bits per heavy atom. The molecule has 0 unspecified atom stereocenters. The first-order valence-corrected chi connectivity index (χ1v) is 7.06. The van der Waals surface area contributed by atoms with Gasteiger partial charge in [-0.05, 0) is 11.6 Å². The van der Waals surface area contributed by atoms with E-state index < -0.39 is 0 Å². The van der Waals surface area contributed by atoms with Crippen molar-refractivity contribution < 1.29 is 14.6 Å². The van der Waals surface area contributed by atoms with Crippen LogP contribution >= 0.6 is 11.6 Å². The van der Waals surface area contributed by atoms with Gasteiger partial charge in [0, 0.05) is 26.2 Å². The molecule has 0 spiro atoms. The summed E-state index contributed by atoms with van der Waals surface area (Å²) in [6, 6.07) is 3.60. The molecule has 2 rings (SSSR count). The lowest BCUT2D eigenvalue weighted by molar-refractivity contribution is 0.110. The minimum absolute atomic E-state index is 0.0230. The van der Waals surface area contributed by atoms with Crippen molar-refractivity contribution in [3.63, 3.8) is 0 Å². The monoisotopic (exact) mass is 300 g/mol. The van der Waals surface area contributed by atoms with E-state index in [0.29, 0.717) is 16.5 Å². The van der Waals surface area contributed by atoms with E-state index in [2.05, 4.69) is 10.2 Å². The van der Waals surface area contributed by atoms with Gasteiger partial charge >= 0.3 is 0 Å². The van der Waals surface area contributed by atoms with Gasteiger partial charge in [-0.25, -0.2) is 0 Å². The highest BCUT2D eigenvalue weighted by molar-refractivity contribution is 6.33. The lowest BCUT2D eigenvalue weighted by atomic mass is 10.0. The fourth-order valence-electron chi connectivity index (χ4n) is 2.57. The molecular formula is C14H21ClN2O3. The molecule has 1 heterocycles. The van der Waals surface area contributed by atoms with Gasteiger partial charge in [-0.1, -0.05) is 17.7 Å². The van der Waals surface area contributed by atoms with Crippen LogP contribution in [0.1, 0.15) is 11.6 Å². The first-order valence-electron chi connectivity index (χ1n) is 6.69. The Bertz CT molecular complexity index is 450. The fraction of sp³-hybridized carbons (Fsp3) is 0.571. The zero-order chi connectivity index (χ0) is 14.5. The van der Waals surface area contributed by atoms with Crippen LogP contribution in [0.2, 0.25) is 5.02 Å². The number of aliphatic hydroxyl groups is 1. The van der Waals surface area contributed by atoms with Crippen LogP contribution < -0.4 is 14.8 Å². The fourth-order valence-corrected chi connectivity index (χ4v) is 2.93. The van der Waals surface area contributed by atoms with Crippen molar-refractivity contribution >= 4 is 11.6 Å². The van der Waals surface area contributed by atoms with Crippen molar-refractivity contribution in [3.05, 3.63) is 22.7 Å².